The van der Waals surface area contributed by atoms with E-state index in [2.05, 4.69) is 6.92 Å². The zero-order valence-electron chi connectivity index (χ0n) is 11.7. The van der Waals surface area contributed by atoms with Crippen LogP contribution in [0.3, 0.4) is 0 Å². The van der Waals surface area contributed by atoms with Gasteiger partial charge in [0.2, 0.25) is 0 Å². The standard InChI is InChI=1S/C17H18O3/c1-3-13(2)19-15-10-7-11-16(12-15)20-17(18)14-8-5-4-6-9-14/h4-13H,3H2,1-2H3. The third-order valence-electron chi connectivity index (χ3n) is 2.94. The molecule has 3 nitrogen and oxygen atoms in total. The highest BCUT2D eigenvalue weighted by atomic mass is 16.5. The number of carbonyl (C=O) groups excluding carboxylic acids is 1. The Bertz CT molecular complexity index is 563. The van der Waals surface area contributed by atoms with E-state index in [1.54, 1.807) is 36.4 Å². The van der Waals surface area contributed by atoms with E-state index < -0.39 is 0 Å². The lowest BCUT2D eigenvalue weighted by Gasteiger charge is -2.13. The highest BCUT2D eigenvalue weighted by Gasteiger charge is 2.09. The van der Waals surface area contributed by atoms with Gasteiger partial charge in [-0.3, -0.25) is 0 Å². The van der Waals surface area contributed by atoms with Gasteiger partial charge in [0.25, 0.3) is 0 Å². The fraction of sp³-hybridized carbons (Fsp3) is 0.235. The first kappa shape index (κ1) is 14.1. The Morgan fingerprint density at radius 2 is 1.75 bits per heavy atom. The lowest BCUT2D eigenvalue weighted by atomic mass is 10.2. The van der Waals surface area contributed by atoms with Crippen molar-refractivity contribution in [1.82, 2.24) is 0 Å². The summed E-state index contributed by atoms with van der Waals surface area (Å²) in [6, 6.07) is 16.0. The molecule has 0 aliphatic rings. The summed E-state index contributed by atoms with van der Waals surface area (Å²) >= 11 is 0. The summed E-state index contributed by atoms with van der Waals surface area (Å²) in [4.78, 5) is 11.9. The molecule has 0 N–H and O–H groups in total. The van der Waals surface area contributed by atoms with Crippen LogP contribution in [-0.2, 0) is 0 Å². The second kappa shape index (κ2) is 6.75. The molecule has 0 fully saturated rings. The molecular weight excluding hydrogens is 252 g/mol. The molecule has 0 spiro atoms. The lowest BCUT2D eigenvalue weighted by molar-refractivity contribution is 0.0734. The zero-order chi connectivity index (χ0) is 14.4. The van der Waals surface area contributed by atoms with Gasteiger partial charge in [0.05, 0.1) is 11.7 Å². The van der Waals surface area contributed by atoms with Crippen molar-refractivity contribution >= 4 is 5.97 Å². The van der Waals surface area contributed by atoms with E-state index in [0.717, 1.165) is 6.42 Å². The summed E-state index contributed by atoms with van der Waals surface area (Å²) in [5, 5.41) is 0. The highest BCUT2D eigenvalue weighted by molar-refractivity contribution is 5.90. The molecular formula is C17H18O3. The van der Waals surface area contributed by atoms with Gasteiger partial charge < -0.3 is 9.47 Å². The van der Waals surface area contributed by atoms with Gasteiger partial charge in [-0.2, -0.15) is 0 Å². The molecule has 2 rings (SSSR count). The predicted molar refractivity (Wildman–Crippen MR) is 78.2 cm³/mol. The topological polar surface area (TPSA) is 35.5 Å². The number of rotatable bonds is 5. The van der Waals surface area contributed by atoms with Crippen molar-refractivity contribution in [2.75, 3.05) is 0 Å². The molecule has 0 aromatic heterocycles. The molecule has 0 radical (unpaired) electrons. The monoisotopic (exact) mass is 270 g/mol. The van der Waals surface area contributed by atoms with Crippen molar-refractivity contribution in [3.8, 4) is 11.5 Å². The Balaban J connectivity index is 2.06. The number of carbonyl (C=O) groups is 1. The van der Waals surface area contributed by atoms with Crippen LogP contribution in [-0.4, -0.2) is 12.1 Å². The van der Waals surface area contributed by atoms with Crippen LogP contribution in [0.4, 0.5) is 0 Å². The number of esters is 1. The van der Waals surface area contributed by atoms with E-state index in [-0.39, 0.29) is 12.1 Å². The van der Waals surface area contributed by atoms with Crippen molar-refractivity contribution in [2.24, 2.45) is 0 Å². The second-order valence-corrected chi connectivity index (χ2v) is 4.57. The molecule has 2 aromatic carbocycles. The SMILES string of the molecule is CCC(C)Oc1cccc(OC(=O)c2ccccc2)c1. The highest BCUT2D eigenvalue weighted by Crippen LogP contribution is 2.21. The maximum Gasteiger partial charge on any atom is 0.343 e. The van der Waals surface area contributed by atoms with Gasteiger partial charge >= 0.3 is 5.97 Å². The third-order valence-corrected chi connectivity index (χ3v) is 2.94. The molecule has 20 heavy (non-hydrogen) atoms. The molecule has 0 saturated carbocycles. The summed E-state index contributed by atoms with van der Waals surface area (Å²) in [5.41, 5.74) is 0.528. The van der Waals surface area contributed by atoms with E-state index in [9.17, 15) is 4.79 Å². The average Bonchev–Trinajstić information content (AvgIpc) is 2.48. The Labute approximate surface area is 119 Å². The van der Waals surface area contributed by atoms with Crippen LogP contribution >= 0.6 is 0 Å². The summed E-state index contributed by atoms with van der Waals surface area (Å²) in [5.74, 6) is 0.823. The molecule has 104 valence electrons. The zero-order valence-corrected chi connectivity index (χ0v) is 11.7. The molecule has 1 atom stereocenters. The Morgan fingerprint density at radius 3 is 2.45 bits per heavy atom. The normalized spacial score (nSPS) is 11.7. The second-order valence-electron chi connectivity index (χ2n) is 4.57. The Morgan fingerprint density at radius 1 is 1.05 bits per heavy atom. The van der Waals surface area contributed by atoms with Crippen molar-refractivity contribution in [3.05, 3.63) is 60.2 Å². The number of hydrogen-bond acceptors (Lipinski definition) is 3. The predicted octanol–water partition coefficient (Wildman–Crippen LogP) is 4.08. The fourth-order valence-corrected chi connectivity index (χ4v) is 1.67. The first-order chi connectivity index (χ1) is 9.69. The molecule has 0 saturated heterocycles. The van der Waals surface area contributed by atoms with E-state index in [0.29, 0.717) is 17.1 Å². The first-order valence-electron chi connectivity index (χ1n) is 6.73. The smallest absolute Gasteiger partial charge is 0.343 e. The van der Waals surface area contributed by atoms with Crippen LogP contribution in [0.5, 0.6) is 11.5 Å². The first-order valence-corrected chi connectivity index (χ1v) is 6.73. The summed E-state index contributed by atoms with van der Waals surface area (Å²) < 4.78 is 11.0. The maximum absolute atomic E-state index is 11.9. The Kier molecular flexibility index (Phi) is 4.77. The summed E-state index contributed by atoms with van der Waals surface area (Å²) in [6.07, 6.45) is 1.06. The van der Waals surface area contributed by atoms with E-state index in [4.69, 9.17) is 9.47 Å². The van der Waals surface area contributed by atoms with E-state index in [1.165, 1.54) is 0 Å². The molecule has 0 aliphatic heterocycles. The van der Waals surface area contributed by atoms with Crippen LogP contribution in [0.25, 0.3) is 0 Å². The van der Waals surface area contributed by atoms with Gasteiger partial charge in [-0.1, -0.05) is 31.2 Å². The van der Waals surface area contributed by atoms with Gasteiger partial charge in [0, 0.05) is 6.07 Å². The van der Waals surface area contributed by atoms with Gasteiger partial charge in [-0.05, 0) is 37.6 Å². The molecule has 2 aromatic rings. The lowest BCUT2D eigenvalue weighted by Crippen LogP contribution is -2.10. The number of ether oxygens (including phenoxy) is 2. The molecule has 3 heteroatoms. The fourth-order valence-electron chi connectivity index (χ4n) is 1.67. The van der Waals surface area contributed by atoms with Crippen LogP contribution in [0.15, 0.2) is 54.6 Å². The Hall–Kier alpha value is -2.29. The van der Waals surface area contributed by atoms with Gasteiger partial charge in [-0.25, -0.2) is 4.79 Å². The number of hydrogen-bond donors (Lipinski definition) is 0. The molecule has 0 heterocycles. The van der Waals surface area contributed by atoms with Gasteiger partial charge in [0.15, 0.2) is 0 Å². The van der Waals surface area contributed by atoms with Crippen LogP contribution in [0.1, 0.15) is 30.6 Å². The summed E-state index contributed by atoms with van der Waals surface area (Å²) in [7, 11) is 0. The third kappa shape index (κ3) is 3.85. The quantitative estimate of drug-likeness (QED) is 0.606. The summed E-state index contributed by atoms with van der Waals surface area (Å²) in [6.45, 7) is 4.06. The van der Waals surface area contributed by atoms with Crippen LogP contribution in [0.2, 0.25) is 0 Å². The van der Waals surface area contributed by atoms with E-state index in [1.807, 2.05) is 25.1 Å². The molecule has 0 amide bonds. The van der Waals surface area contributed by atoms with Crippen molar-refractivity contribution in [2.45, 2.75) is 26.4 Å². The van der Waals surface area contributed by atoms with Crippen molar-refractivity contribution < 1.29 is 14.3 Å². The largest absolute Gasteiger partial charge is 0.491 e. The van der Waals surface area contributed by atoms with Crippen molar-refractivity contribution in [3.63, 3.8) is 0 Å². The molecule has 0 aliphatic carbocycles. The van der Waals surface area contributed by atoms with Gasteiger partial charge in [0.1, 0.15) is 11.5 Å². The van der Waals surface area contributed by atoms with E-state index >= 15 is 0 Å². The minimum atomic E-state index is -0.369. The minimum Gasteiger partial charge on any atom is -0.491 e. The van der Waals surface area contributed by atoms with Gasteiger partial charge in [-0.15, -0.1) is 0 Å². The average molecular weight is 270 g/mol. The van der Waals surface area contributed by atoms with Crippen molar-refractivity contribution in [1.29, 1.82) is 0 Å². The number of benzene rings is 2. The van der Waals surface area contributed by atoms with Crippen LogP contribution < -0.4 is 9.47 Å². The van der Waals surface area contributed by atoms with Crippen LogP contribution in [0, 0.1) is 0 Å². The molecule has 0 bridgehead atoms. The minimum absolute atomic E-state index is 0.134. The maximum atomic E-state index is 11.9. The molecule has 1 unspecified atom stereocenters.